The van der Waals surface area contributed by atoms with Crippen LogP contribution >= 0.6 is 0 Å². The Bertz CT molecular complexity index is 684. The average Bonchev–Trinajstić information content (AvgIpc) is 2.55. The fourth-order valence-corrected chi connectivity index (χ4v) is 1.49. The quantitative estimate of drug-likeness (QED) is 0.487. The largest absolute Gasteiger partial charge is 0.289 e. The van der Waals surface area contributed by atoms with Crippen LogP contribution in [0.2, 0.25) is 0 Å². The van der Waals surface area contributed by atoms with Crippen molar-refractivity contribution in [1.29, 1.82) is 0 Å². The Labute approximate surface area is 132 Å². The summed E-state index contributed by atoms with van der Waals surface area (Å²) in [6.45, 7) is 0. The van der Waals surface area contributed by atoms with Crippen LogP contribution in [0, 0.1) is 20.2 Å². The lowest BCUT2D eigenvalue weighted by molar-refractivity contribution is -0.642. The van der Waals surface area contributed by atoms with Gasteiger partial charge in [-0.1, -0.05) is 30.3 Å². The van der Waals surface area contributed by atoms with Gasteiger partial charge in [-0.25, -0.2) is 10.1 Å². The van der Waals surface area contributed by atoms with Crippen LogP contribution in [-0.4, -0.2) is 34.8 Å². The number of nitrogens with zero attached hydrogens (tertiary/aromatic N) is 3. The van der Waals surface area contributed by atoms with Gasteiger partial charge in [-0.2, -0.15) is 0 Å². The van der Waals surface area contributed by atoms with E-state index in [0.717, 1.165) is 5.01 Å². The Kier molecular flexibility index (Phi) is 6.35. The standard InChI is InChI=1S/C13H9NO3.C2H6N2O2/c15-13(10-4-2-1-3-5-10)11-6-8-12(9-7-11)14(16)17;1-3(2)4(5)6/h1-9H;1-2H3. The first-order valence-corrected chi connectivity index (χ1v) is 6.48. The first-order valence-electron chi connectivity index (χ1n) is 6.48. The third-order valence-corrected chi connectivity index (χ3v) is 2.70. The number of hydrogen-bond acceptors (Lipinski definition) is 5. The molecule has 0 aliphatic heterocycles. The molecule has 0 atom stereocenters. The smallest absolute Gasteiger partial charge is 0.269 e. The van der Waals surface area contributed by atoms with Gasteiger partial charge in [0.1, 0.15) is 0 Å². The van der Waals surface area contributed by atoms with Gasteiger partial charge in [-0.15, -0.1) is 5.01 Å². The molecule has 0 bridgehead atoms. The van der Waals surface area contributed by atoms with Crippen molar-refractivity contribution < 1.29 is 14.8 Å². The molecule has 0 amide bonds. The summed E-state index contributed by atoms with van der Waals surface area (Å²) in [7, 11) is 2.75. The second-order valence-electron chi connectivity index (χ2n) is 4.58. The van der Waals surface area contributed by atoms with Crippen molar-refractivity contribution in [2.24, 2.45) is 0 Å². The van der Waals surface area contributed by atoms with Crippen LogP contribution in [0.15, 0.2) is 54.6 Å². The van der Waals surface area contributed by atoms with Crippen LogP contribution in [0.1, 0.15) is 15.9 Å². The predicted octanol–water partition coefficient (Wildman–Crippen LogP) is 2.57. The van der Waals surface area contributed by atoms with Gasteiger partial charge in [0.25, 0.3) is 5.69 Å². The molecule has 0 aliphatic carbocycles. The van der Waals surface area contributed by atoms with E-state index in [-0.39, 0.29) is 11.5 Å². The van der Waals surface area contributed by atoms with Crippen LogP contribution in [-0.2, 0) is 0 Å². The second kappa shape index (κ2) is 8.23. The van der Waals surface area contributed by atoms with Crippen LogP contribution in [0.25, 0.3) is 0 Å². The minimum Gasteiger partial charge on any atom is -0.289 e. The number of nitro benzene ring substituents is 1. The summed E-state index contributed by atoms with van der Waals surface area (Å²) in [5.41, 5.74) is 0.998. The SMILES string of the molecule is CN(C)[N+](=O)[O-].O=C(c1ccccc1)c1ccc([N+](=O)[O-])cc1. The molecule has 0 aliphatic rings. The molecule has 8 heteroatoms. The van der Waals surface area contributed by atoms with E-state index in [2.05, 4.69) is 0 Å². The summed E-state index contributed by atoms with van der Waals surface area (Å²) in [6.07, 6.45) is 0. The van der Waals surface area contributed by atoms with E-state index in [0.29, 0.717) is 11.1 Å². The number of nitro groups is 2. The highest BCUT2D eigenvalue weighted by atomic mass is 16.7. The predicted molar refractivity (Wildman–Crippen MR) is 83.7 cm³/mol. The van der Waals surface area contributed by atoms with Gasteiger partial charge in [0.15, 0.2) is 10.8 Å². The van der Waals surface area contributed by atoms with Crippen molar-refractivity contribution in [2.75, 3.05) is 14.1 Å². The Morgan fingerprint density at radius 2 is 1.30 bits per heavy atom. The summed E-state index contributed by atoms with van der Waals surface area (Å²) in [6, 6.07) is 14.4. The summed E-state index contributed by atoms with van der Waals surface area (Å²) in [5, 5.41) is 20.3. The van der Waals surface area contributed by atoms with Crippen molar-refractivity contribution in [3.05, 3.63) is 86.0 Å². The first-order chi connectivity index (χ1) is 10.8. The Morgan fingerprint density at radius 3 is 1.70 bits per heavy atom. The van der Waals surface area contributed by atoms with Crippen LogP contribution in [0.4, 0.5) is 5.69 Å². The number of carbonyl (C=O) groups excluding carboxylic acids is 1. The molecule has 2 rings (SSSR count). The topological polar surface area (TPSA) is 107 Å². The van der Waals surface area contributed by atoms with E-state index < -0.39 is 9.96 Å². The molecule has 2 aromatic rings. The minimum absolute atomic E-state index is 0.0189. The van der Waals surface area contributed by atoms with Gasteiger partial charge in [0.05, 0.1) is 19.0 Å². The normalized spacial score (nSPS) is 9.30. The molecule has 0 saturated heterocycles. The fourth-order valence-electron chi connectivity index (χ4n) is 1.49. The van der Waals surface area contributed by atoms with Crippen molar-refractivity contribution in [2.45, 2.75) is 0 Å². The summed E-state index contributed by atoms with van der Waals surface area (Å²) < 4.78 is 0. The van der Waals surface area contributed by atoms with E-state index in [1.54, 1.807) is 24.3 Å². The fraction of sp³-hybridized carbons (Fsp3) is 0.133. The number of carbonyl (C=O) groups is 1. The van der Waals surface area contributed by atoms with Gasteiger partial charge in [0.2, 0.25) is 0 Å². The highest BCUT2D eigenvalue weighted by molar-refractivity contribution is 6.09. The summed E-state index contributed by atoms with van der Waals surface area (Å²) in [4.78, 5) is 31.4. The van der Waals surface area contributed by atoms with E-state index in [1.807, 2.05) is 6.07 Å². The molecule has 0 N–H and O–H groups in total. The van der Waals surface area contributed by atoms with Gasteiger partial charge in [-0.05, 0) is 12.1 Å². The zero-order valence-electron chi connectivity index (χ0n) is 12.6. The number of hydrogen-bond donors (Lipinski definition) is 0. The molecule has 0 heterocycles. The maximum absolute atomic E-state index is 12.0. The van der Waals surface area contributed by atoms with Crippen LogP contribution in [0.3, 0.4) is 0 Å². The second-order valence-corrected chi connectivity index (χ2v) is 4.58. The summed E-state index contributed by atoms with van der Waals surface area (Å²) in [5.74, 6) is -0.138. The van der Waals surface area contributed by atoms with Crippen molar-refractivity contribution in [1.82, 2.24) is 5.01 Å². The first kappa shape index (κ1) is 17.8. The molecule has 0 aromatic heterocycles. The Balaban J connectivity index is 0.000000379. The van der Waals surface area contributed by atoms with Gasteiger partial charge in [0, 0.05) is 23.3 Å². The van der Waals surface area contributed by atoms with Gasteiger partial charge >= 0.3 is 0 Å². The minimum atomic E-state index is -0.500. The van der Waals surface area contributed by atoms with Crippen molar-refractivity contribution in [3.63, 3.8) is 0 Å². The molecule has 8 nitrogen and oxygen atoms in total. The van der Waals surface area contributed by atoms with E-state index in [4.69, 9.17) is 0 Å². The molecule has 0 spiro atoms. The lowest BCUT2D eigenvalue weighted by Gasteiger charge is -2.00. The molecule has 0 radical (unpaired) electrons. The van der Waals surface area contributed by atoms with E-state index in [9.17, 15) is 25.0 Å². The molecular weight excluding hydrogens is 302 g/mol. The monoisotopic (exact) mass is 317 g/mol. The van der Waals surface area contributed by atoms with Crippen molar-refractivity contribution in [3.8, 4) is 0 Å². The van der Waals surface area contributed by atoms with Crippen LogP contribution in [0.5, 0.6) is 0 Å². The Morgan fingerprint density at radius 1 is 0.870 bits per heavy atom. The zero-order valence-corrected chi connectivity index (χ0v) is 12.6. The highest BCUT2D eigenvalue weighted by Crippen LogP contribution is 2.15. The number of rotatable bonds is 4. The molecule has 0 saturated carbocycles. The molecule has 0 unspecified atom stereocenters. The number of hydrazine groups is 1. The van der Waals surface area contributed by atoms with E-state index in [1.165, 1.54) is 38.4 Å². The highest BCUT2D eigenvalue weighted by Gasteiger charge is 2.10. The third kappa shape index (κ3) is 5.54. The maximum atomic E-state index is 12.0. The lowest BCUT2D eigenvalue weighted by atomic mass is 10.0. The van der Waals surface area contributed by atoms with Gasteiger partial charge in [-0.3, -0.25) is 14.9 Å². The Hall–Kier alpha value is -3.29. The number of non-ortho nitro benzene ring substituents is 1. The molecule has 0 fully saturated rings. The maximum Gasteiger partial charge on any atom is 0.269 e. The third-order valence-electron chi connectivity index (χ3n) is 2.70. The lowest BCUT2D eigenvalue weighted by Crippen LogP contribution is -2.18. The van der Waals surface area contributed by atoms with Gasteiger partial charge < -0.3 is 0 Å². The molecule has 2 aromatic carbocycles. The van der Waals surface area contributed by atoms with E-state index >= 15 is 0 Å². The van der Waals surface area contributed by atoms with Crippen LogP contribution < -0.4 is 0 Å². The zero-order chi connectivity index (χ0) is 17.4. The number of ketones is 1. The van der Waals surface area contributed by atoms with Crippen molar-refractivity contribution >= 4 is 11.5 Å². The molecular formula is C15H15N3O5. The molecule has 120 valence electrons. The number of benzene rings is 2. The molecule has 23 heavy (non-hydrogen) atoms. The summed E-state index contributed by atoms with van der Waals surface area (Å²) >= 11 is 0. The average molecular weight is 317 g/mol.